The van der Waals surface area contributed by atoms with E-state index < -0.39 is 0 Å². The first-order valence-corrected chi connectivity index (χ1v) is 5.92. The van der Waals surface area contributed by atoms with Crippen molar-refractivity contribution < 1.29 is 4.79 Å². The average molecular weight is 227 g/mol. The summed E-state index contributed by atoms with van der Waals surface area (Å²) in [5, 5.41) is 0. The summed E-state index contributed by atoms with van der Waals surface area (Å²) >= 11 is 0. The van der Waals surface area contributed by atoms with E-state index in [0.717, 1.165) is 17.7 Å². The zero-order valence-electron chi connectivity index (χ0n) is 10.3. The van der Waals surface area contributed by atoms with Crippen LogP contribution in [0.3, 0.4) is 0 Å². The summed E-state index contributed by atoms with van der Waals surface area (Å²) in [6.45, 7) is 5.28. The lowest BCUT2D eigenvalue weighted by Gasteiger charge is -2.05. The summed E-state index contributed by atoms with van der Waals surface area (Å²) in [5.74, 6) is 0.676. The molecule has 1 aromatic carbocycles. The molecule has 0 atom stereocenters. The molecular formula is C15H17NO. The van der Waals surface area contributed by atoms with Crippen molar-refractivity contribution in [2.45, 2.75) is 20.4 Å². The van der Waals surface area contributed by atoms with Crippen LogP contribution < -0.4 is 0 Å². The molecule has 0 spiro atoms. The van der Waals surface area contributed by atoms with Gasteiger partial charge in [-0.2, -0.15) is 0 Å². The molecule has 2 heteroatoms. The number of carbonyl (C=O) groups excluding carboxylic acids is 1. The van der Waals surface area contributed by atoms with Crippen LogP contribution in [0.4, 0.5) is 0 Å². The van der Waals surface area contributed by atoms with Crippen LogP contribution in [0.15, 0.2) is 48.8 Å². The minimum atomic E-state index is 0.0908. The van der Waals surface area contributed by atoms with Crippen molar-refractivity contribution >= 4 is 5.78 Å². The van der Waals surface area contributed by atoms with Gasteiger partial charge in [-0.15, -0.1) is 0 Å². The lowest BCUT2D eigenvalue weighted by atomic mass is 10.1. The van der Waals surface area contributed by atoms with E-state index in [1.807, 2.05) is 48.8 Å². The Labute approximate surface area is 102 Å². The Morgan fingerprint density at radius 2 is 1.82 bits per heavy atom. The Morgan fingerprint density at radius 1 is 1.12 bits per heavy atom. The molecule has 0 bridgehead atoms. The first-order chi connectivity index (χ1) is 8.16. The molecule has 0 amide bonds. The highest BCUT2D eigenvalue weighted by Gasteiger charge is 2.09. The molecule has 0 aliphatic rings. The number of rotatable bonds is 4. The van der Waals surface area contributed by atoms with Crippen LogP contribution in [-0.4, -0.2) is 10.4 Å². The Hall–Kier alpha value is -1.83. The monoisotopic (exact) mass is 227 g/mol. The Bertz CT molecular complexity index is 497. The normalized spacial score (nSPS) is 10.8. The van der Waals surface area contributed by atoms with Crippen molar-refractivity contribution in [3.05, 3.63) is 59.9 Å². The third-order valence-corrected chi connectivity index (χ3v) is 2.62. The molecule has 0 N–H and O–H groups in total. The first-order valence-electron chi connectivity index (χ1n) is 5.92. The quantitative estimate of drug-likeness (QED) is 0.734. The zero-order chi connectivity index (χ0) is 12.3. The van der Waals surface area contributed by atoms with Crippen molar-refractivity contribution in [3.63, 3.8) is 0 Å². The smallest absolute Gasteiger partial charge is 0.194 e. The number of hydrogen-bond donors (Lipinski definition) is 0. The maximum atomic E-state index is 12.1. The van der Waals surface area contributed by atoms with Gasteiger partial charge in [-0.1, -0.05) is 44.2 Å². The second kappa shape index (κ2) is 5.00. The van der Waals surface area contributed by atoms with Crippen LogP contribution in [0.25, 0.3) is 0 Å². The Balaban J connectivity index is 2.18. The van der Waals surface area contributed by atoms with E-state index in [2.05, 4.69) is 18.4 Å². The highest BCUT2D eigenvalue weighted by Crippen LogP contribution is 2.11. The topological polar surface area (TPSA) is 22.0 Å². The van der Waals surface area contributed by atoms with E-state index in [-0.39, 0.29) is 5.78 Å². The van der Waals surface area contributed by atoms with Crippen molar-refractivity contribution in [1.29, 1.82) is 0 Å². The van der Waals surface area contributed by atoms with Gasteiger partial charge in [-0.3, -0.25) is 4.79 Å². The molecule has 1 aromatic heterocycles. The fraction of sp³-hybridized carbons (Fsp3) is 0.267. The van der Waals surface area contributed by atoms with Crippen LogP contribution in [0, 0.1) is 5.92 Å². The number of aromatic nitrogens is 1. The molecule has 2 rings (SSSR count). The van der Waals surface area contributed by atoms with Crippen LogP contribution >= 0.6 is 0 Å². The van der Waals surface area contributed by atoms with E-state index in [1.165, 1.54) is 0 Å². The molecule has 0 aliphatic carbocycles. The molecular weight excluding hydrogens is 210 g/mol. The van der Waals surface area contributed by atoms with Crippen LogP contribution in [0.1, 0.15) is 29.8 Å². The van der Waals surface area contributed by atoms with Gasteiger partial charge in [0.15, 0.2) is 5.78 Å². The number of carbonyl (C=O) groups is 1. The lowest BCUT2D eigenvalue weighted by molar-refractivity contribution is 0.103. The van der Waals surface area contributed by atoms with Gasteiger partial charge in [0.1, 0.15) is 0 Å². The maximum Gasteiger partial charge on any atom is 0.194 e. The number of nitrogens with zero attached hydrogens (tertiary/aromatic N) is 1. The minimum Gasteiger partial charge on any atom is -0.353 e. The molecule has 2 nitrogen and oxygen atoms in total. The number of benzene rings is 1. The standard InChI is InChI=1S/C15H17NO/c1-12(2)10-16-9-8-14(11-16)15(17)13-6-4-3-5-7-13/h3-9,11-12H,10H2,1-2H3. The molecule has 0 aliphatic heterocycles. The molecule has 0 saturated carbocycles. The average Bonchev–Trinajstić information content (AvgIpc) is 2.77. The number of ketones is 1. The summed E-state index contributed by atoms with van der Waals surface area (Å²) in [4.78, 5) is 12.1. The van der Waals surface area contributed by atoms with E-state index in [1.54, 1.807) is 0 Å². The predicted molar refractivity (Wildman–Crippen MR) is 69.1 cm³/mol. The summed E-state index contributed by atoms with van der Waals surface area (Å²) in [6.07, 6.45) is 3.89. The Morgan fingerprint density at radius 3 is 2.47 bits per heavy atom. The second-order valence-electron chi connectivity index (χ2n) is 4.69. The van der Waals surface area contributed by atoms with Gasteiger partial charge in [-0.05, 0) is 12.0 Å². The van der Waals surface area contributed by atoms with Gasteiger partial charge < -0.3 is 4.57 Å². The van der Waals surface area contributed by atoms with Crippen LogP contribution in [-0.2, 0) is 6.54 Å². The van der Waals surface area contributed by atoms with Crippen molar-refractivity contribution in [2.75, 3.05) is 0 Å². The van der Waals surface area contributed by atoms with E-state index in [4.69, 9.17) is 0 Å². The van der Waals surface area contributed by atoms with E-state index in [0.29, 0.717) is 5.92 Å². The molecule has 1 heterocycles. The maximum absolute atomic E-state index is 12.1. The zero-order valence-corrected chi connectivity index (χ0v) is 10.3. The van der Waals surface area contributed by atoms with E-state index in [9.17, 15) is 4.79 Å². The third-order valence-electron chi connectivity index (χ3n) is 2.62. The highest BCUT2D eigenvalue weighted by atomic mass is 16.1. The molecule has 0 unspecified atom stereocenters. The highest BCUT2D eigenvalue weighted by molar-refractivity contribution is 6.08. The van der Waals surface area contributed by atoms with Crippen molar-refractivity contribution in [2.24, 2.45) is 5.92 Å². The molecule has 17 heavy (non-hydrogen) atoms. The summed E-state index contributed by atoms with van der Waals surface area (Å²) in [5.41, 5.74) is 1.51. The van der Waals surface area contributed by atoms with Gasteiger partial charge in [0.2, 0.25) is 0 Å². The molecule has 0 fully saturated rings. The summed E-state index contributed by atoms with van der Waals surface area (Å²) in [6, 6.07) is 11.3. The Kier molecular flexibility index (Phi) is 3.43. The van der Waals surface area contributed by atoms with E-state index >= 15 is 0 Å². The fourth-order valence-electron chi connectivity index (χ4n) is 1.87. The van der Waals surface area contributed by atoms with Gasteiger partial charge in [0, 0.05) is 30.1 Å². The predicted octanol–water partition coefficient (Wildman–Crippen LogP) is 3.38. The SMILES string of the molecule is CC(C)Cn1ccc(C(=O)c2ccccc2)c1. The third kappa shape index (κ3) is 2.84. The van der Waals surface area contributed by atoms with Crippen molar-refractivity contribution in [3.8, 4) is 0 Å². The first kappa shape index (κ1) is 11.6. The van der Waals surface area contributed by atoms with Crippen molar-refractivity contribution in [1.82, 2.24) is 4.57 Å². The molecule has 0 radical (unpaired) electrons. The largest absolute Gasteiger partial charge is 0.353 e. The van der Waals surface area contributed by atoms with Gasteiger partial charge in [0.05, 0.1) is 0 Å². The summed E-state index contributed by atoms with van der Waals surface area (Å²) < 4.78 is 2.07. The molecule has 0 saturated heterocycles. The molecule has 2 aromatic rings. The van der Waals surface area contributed by atoms with Crippen LogP contribution in [0.5, 0.6) is 0 Å². The second-order valence-corrected chi connectivity index (χ2v) is 4.69. The fourth-order valence-corrected chi connectivity index (χ4v) is 1.87. The molecule has 88 valence electrons. The van der Waals surface area contributed by atoms with Crippen LogP contribution in [0.2, 0.25) is 0 Å². The lowest BCUT2D eigenvalue weighted by Crippen LogP contribution is -2.03. The van der Waals surface area contributed by atoms with Gasteiger partial charge >= 0.3 is 0 Å². The van der Waals surface area contributed by atoms with Gasteiger partial charge in [0.25, 0.3) is 0 Å². The van der Waals surface area contributed by atoms with Gasteiger partial charge in [-0.25, -0.2) is 0 Å². The minimum absolute atomic E-state index is 0.0908. The number of hydrogen-bond acceptors (Lipinski definition) is 1. The summed E-state index contributed by atoms with van der Waals surface area (Å²) in [7, 11) is 0.